The highest BCUT2D eigenvalue weighted by atomic mass is 16.5. The van der Waals surface area contributed by atoms with Gasteiger partial charge in [-0.3, -0.25) is 18.7 Å². The van der Waals surface area contributed by atoms with E-state index >= 15 is 0 Å². The largest absolute Gasteiger partial charge is 0.495 e. The number of hydrogen-bond acceptors (Lipinski definition) is 7. The molecule has 0 fully saturated rings. The normalized spacial score (nSPS) is 13.3. The molecule has 10 heteroatoms. The van der Waals surface area contributed by atoms with Crippen LogP contribution in [0.5, 0.6) is 5.75 Å². The molecule has 3 heterocycles. The smallest absolute Gasteiger partial charge is 0.331 e. The van der Waals surface area contributed by atoms with Crippen molar-refractivity contribution in [2.45, 2.75) is 52.6 Å². The van der Waals surface area contributed by atoms with Gasteiger partial charge < -0.3 is 14.6 Å². The van der Waals surface area contributed by atoms with Crippen molar-refractivity contribution in [3.05, 3.63) is 56.2 Å². The number of anilines is 1. The number of aryl methyl sites for hydroxylation is 2. The van der Waals surface area contributed by atoms with Gasteiger partial charge in [0.25, 0.3) is 5.56 Å². The molecule has 32 heavy (non-hydrogen) atoms. The second kappa shape index (κ2) is 8.81. The minimum absolute atomic E-state index is 0.132. The van der Waals surface area contributed by atoms with Gasteiger partial charge in [0.05, 0.1) is 12.8 Å². The lowest BCUT2D eigenvalue weighted by molar-refractivity contribution is -0.116. The summed E-state index contributed by atoms with van der Waals surface area (Å²) in [6, 6.07) is 5.36. The highest BCUT2D eigenvalue weighted by Crippen LogP contribution is 2.25. The van der Waals surface area contributed by atoms with Crippen LogP contribution in [0.3, 0.4) is 0 Å². The van der Waals surface area contributed by atoms with Gasteiger partial charge >= 0.3 is 5.69 Å². The fraction of sp³-hybridized carbons (Fsp3) is 0.409. The molecule has 1 aliphatic rings. The van der Waals surface area contributed by atoms with E-state index in [2.05, 4.69) is 15.5 Å². The average Bonchev–Trinajstić information content (AvgIpc) is 3.03. The van der Waals surface area contributed by atoms with Crippen LogP contribution in [0.25, 0.3) is 11.4 Å². The van der Waals surface area contributed by atoms with E-state index in [1.54, 1.807) is 23.6 Å². The van der Waals surface area contributed by atoms with Crippen LogP contribution < -0.4 is 21.3 Å². The Kier molecular flexibility index (Phi) is 5.93. The van der Waals surface area contributed by atoms with Gasteiger partial charge in [0.1, 0.15) is 17.9 Å². The van der Waals surface area contributed by atoms with Crippen molar-refractivity contribution < 1.29 is 14.1 Å². The third-order valence-corrected chi connectivity index (χ3v) is 5.51. The first-order valence-electron chi connectivity index (χ1n) is 10.5. The van der Waals surface area contributed by atoms with Gasteiger partial charge in [-0.2, -0.15) is 4.98 Å². The summed E-state index contributed by atoms with van der Waals surface area (Å²) in [5.41, 5.74) is 1.09. The Labute approximate surface area is 183 Å². The van der Waals surface area contributed by atoms with E-state index in [1.807, 2.05) is 13.0 Å². The standard InChI is InChI=1S/C22H25N5O5/c1-13-8-9-17(31-3)15(11-13)24-18(28)12-27-21(29)19(20-23-14(2)32-25-20)16-7-5-4-6-10-26(16)22(27)30/h8-9,11H,4-7,10,12H2,1-3H3,(H,24,28). The monoisotopic (exact) mass is 439 g/mol. The summed E-state index contributed by atoms with van der Waals surface area (Å²) < 4.78 is 12.9. The number of benzene rings is 1. The summed E-state index contributed by atoms with van der Waals surface area (Å²) in [4.78, 5) is 43.6. The molecule has 0 atom stereocenters. The molecular formula is C22H25N5O5. The average molecular weight is 439 g/mol. The first-order chi connectivity index (χ1) is 15.4. The third-order valence-electron chi connectivity index (χ3n) is 5.51. The Morgan fingerprint density at radius 2 is 2.03 bits per heavy atom. The van der Waals surface area contributed by atoms with Crippen molar-refractivity contribution in [1.82, 2.24) is 19.3 Å². The fourth-order valence-corrected chi connectivity index (χ4v) is 3.99. The predicted molar refractivity (Wildman–Crippen MR) is 117 cm³/mol. The molecule has 10 nitrogen and oxygen atoms in total. The highest BCUT2D eigenvalue weighted by molar-refractivity contribution is 5.92. The quantitative estimate of drug-likeness (QED) is 0.646. The molecule has 0 saturated carbocycles. The van der Waals surface area contributed by atoms with E-state index in [-0.39, 0.29) is 11.4 Å². The van der Waals surface area contributed by atoms with Gasteiger partial charge in [-0.15, -0.1) is 0 Å². The van der Waals surface area contributed by atoms with Crippen LogP contribution in [0, 0.1) is 13.8 Å². The first-order valence-corrected chi connectivity index (χ1v) is 10.5. The second-order valence-corrected chi connectivity index (χ2v) is 7.85. The molecule has 0 bridgehead atoms. The molecule has 0 spiro atoms. The summed E-state index contributed by atoms with van der Waals surface area (Å²) in [6.45, 7) is 3.54. The van der Waals surface area contributed by atoms with E-state index in [0.29, 0.717) is 36.0 Å². The minimum atomic E-state index is -0.602. The number of hydrogen-bond donors (Lipinski definition) is 1. The predicted octanol–water partition coefficient (Wildman–Crippen LogP) is 2.05. The van der Waals surface area contributed by atoms with E-state index in [0.717, 1.165) is 29.4 Å². The van der Waals surface area contributed by atoms with Gasteiger partial charge in [-0.1, -0.05) is 17.6 Å². The zero-order valence-corrected chi connectivity index (χ0v) is 18.3. The molecule has 1 amide bonds. The van der Waals surface area contributed by atoms with Crippen molar-refractivity contribution in [2.75, 3.05) is 12.4 Å². The van der Waals surface area contributed by atoms with Gasteiger partial charge in [0.2, 0.25) is 17.6 Å². The number of methoxy groups -OCH3 is 1. The number of fused-ring (bicyclic) bond motifs is 1. The SMILES string of the molecule is COc1ccc(C)cc1NC(=O)Cn1c(=O)c(-c2noc(C)n2)c2n(c1=O)CCCCC2. The molecule has 0 radical (unpaired) electrons. The van der Waals surface area contributed by atoms with Crippen LogP contribution in [-0.2, 0) is 24.3 Å². The zero-order valence-electron chi connectivity index (χ0n) is 18.3. The van der Waals surface area contributed by atoms with Crippen LogP contribution >= 0.6 is 0 Å². The summed E-state index contributed by atoms with van der Waals surface area (Å²) in [6.07, 6.45) is 3.15. The Morgan fingerprint density at radius 3 is 2.75 bits per heavy atom. The maximum atomic E-state index is 13.4. The number of carbonyl (C=O) groups excluding carboxylic acids is 1. The van der Waals surface area contributed by atoms with E-state index in [4.69, 9.17) is 9.26 Å². The molecule has 168 valence electrons. The van der Waals surface area contributed by atoms with E-state index in [1.165, 1.54) is 7.11 Å². The molecular weight excluding hydrogens is 414 g/mol. The van der Waals surface area contributed by atoms with Gasteiger partial charge in [-0.05, 0) is 43.9 Å². The Hall–Kier alpha value is -3.69. The topological polar surface area (TPSA) is 121 Å². The number of ether oxygens (including phenoxy) is 1. The Bertz CT molecular complexity index is 1290. The van der Waals surface area contributed by atoms with Crippen molar-refractivity contribution in [3.63, 3.8) is 0 Å². The lowest BCUT2D eigenvalue weighted by Gasteiger charge is -2.16. The second-order valence-electron chi connectivity index (χ2n) is 7.85. The van der Waals surface area contributed by atoms with Crippen molar-refractivity contribution in [2.24, 2.45) is 0 Å². The summed E-state index contributed by atoms with van der Waals surface area (Å²) >= 11 is 0. The maximum absolute atomic E-state index is 13.4. The lowest BCUT2D eigenvalue weighted by Crippen LogP contribution is -2.44. The van der Waals surface area contributed by atoms with E-state index in [9.17, 15) is 14.4 Å². The molecule has 1 aliphatic heterocycles. The van der Waals surface area contributed by atoms with Gasteiger partial charge in [0.15, 0.2) is 0 Å². The van der Waals surface area contributed by atoms with Crippen LogP contribution in [0.1, 0.15) is 36.4 Å². The molecule has 2 aromatic heterocycles. The fourth-order valence-electron chi connectivity index (χ4n) is 3.99. The number of rotatable bonds is 5. The van der Waals surface area contributed by atoms with Crippen LogP contribution in [0.4, 0.5) is 5.69 Å². The van der Waals surface area contributed by atoms with Gasteiger partial charge in [0, 0.05) is 19.2 Å². The number of aromatic nitrogens is 4. The molecule has 0 saturated heterocycles. The van der Waals surface area contributed by atoms with Crippen LogP contribution in [-0.4, -0.2) is 32.3 Å². The van der Waals surface area contributed by atoms with Crippen molar-refractivity contribution >= 4 is 11.6 Å². The lowest BCUT2D eigenvalue weighted by atomic mass is 10.1. The third kappa shape index (κ3) is 4.08. The zero-order chi connectivity index (χ0) is 22.8. The number of carbonyl (C=O) groups is 1. The van der Waals surface area contributed by atoms with Crippen molar-refractivity contribution in [1.29, 1.82) is 0 Å². The molecule has 1 aromatic carbocycles. The van der Waals surface area contributed by atoms with Crippen LogP contribution in [0.2, 0.25) is 0 Å². The first kappa shape index (κ1) is 21.5. The van der Waals surface area contributed by atoms with Gasteiger partial charge in [-0.25, -0.2) is 4.79 Å². The molecule has 0 unspecified atom stereocenters. The van der Waals surface area contributed by atoms with E-state index < -0.39 is 23.7 Å². The van der Waals surface area contributed by atoms with Crippen molar-refractivity contribution in [3.8, 4) is 17.1 Å². The Balaban J connectivity index is 1.77. The molecule has 3 aromatic rings. The molecule has 4 rings (SSSR count). The summed E-state index contributed by atoms with van der Waals surface area (Å²) in [5.74, 6) is 0.414. The molecule has 0 aliphatic carbocycles. The Morgan fingerprint density at radius 1 is 1.22 bits per heavy atom. The maximum Gasteiger partial charge on any atom is 0.331 e. The number of amides is 1. The highest BCUT2D eigenvalue weighted by Gasteiger charge is 2.25. The summed E-state index contributed by atoms with van der Waals surface area (Å²) in [7, 11) is 1.50. The number of nitrogens with one attached hydrogen (secondary N) is 1. The summed E-state index contributed by atoms with van der Waals surface area (Å²) in [5, 5.41) is 6.64. The van der Waals surface area contributed by atoms with Crippen LogP contribution in [0.15, 0.2) is 32.3 Å². The molecule has 1 N–H and O–H groups in total. The number of nitrogens with zero attached hydrogens (tertiary/aromatic N) is 4. The minimum Gasteiger partial charge on any atom is -0.495 e.